The van der Waals surface area contributed by atoms with E-state index in [-0.39, 0.29) is 23.6 Å². The molecule has 0 bridgehead atoms. The summed E-state index contributed by atoms with van der Waals surface area (Å²) >= 11 is 0. The number of pyridine rings is 2. The summed E-state index contributed by atoms with van der Waals surface area (Å²) < 4.78 is 12.7. The van der Waals surface area contributed by atoms with Gasteiger partial charge in [-0.25, -0.2) is 4.79 Å². The Balaban J connectivity index is 1.92. The van der Waals surface area contributed by atoms with Crippen LogP contribution >= 0.6 is 0 Å². The number of carbonyl (C=O) groups is 1. The van der Waals surface area contributed by atoms with Crippen LogP contribution in [0.3, 0.4) is 0 Å². The molecule has 7 heteroatoms. The Bertz CT molecular complexity index is 1200. The third-order valence-electron chi connectivity index (χ3n) is 5.29. The van der Waals surface area contributed by atoms with Gasteiger partial charge in [0.05, 0.1) is 24.6 Å². The van der Waals surface area contributed by atoms with Crippen molar-refractivity contribution in [1.29, 1.82) is 0 Å². The number of esters is 1. The van der Waals surface area contributed by atoms with Gasteiger partial charge in [0.25, 0.3) is 5.56 Å². The Labute approximate surface area is 179 Å². The Morgan fingerprint density at radius 3 is 2.58 bits per heavy atom. The molecule has 0 aliphatic carbocycles. The van der Waals surface area contributed by atoms with Gasteiger partial charge in [0.15, 0.2) is 0 Å². The highest BCUT2D eigenvalue weighted by atomic mass is 16.5. The lowest BCUT2D eigenvalue weighted by atomic mass is 9.83. The Morgan fingerprint density at radius 1 is 1.19 bits per heavy atom. The molecule has 0 radical (unpaired) electrons. The van der Waals surface area contributed by atoms with Crippen molar-refractivity contribution >= 4 is 5.97 Å². The standard InChI is InChI=1S/C24H23N3O4/c1-3-30-24(29)21-19(17-9-11-26-12-10-17)20-18(31-22(21)25)13-15(2)27(23(20)28)14-16-7-5-4-6-8-16/h4-13,19H,3,14,25H2,1-2H3/t19-/m0/s1. The SMILES string of the molecule is CCOC(=O)C1=C(N)Oc2cc(C)n(Cc3ccccc3)c(=O)c2[C@@H]1c1ccncc1. The fourth-order valence-electron chi connectivity index (χ4n) is 3.85. The lowest BCUT2D eigenvalue weighted by Crippen LogP contribution is -2.35. The molecule has 1 aliphatic rings. The van der Waals surface area contributed by atoms with Gasteiger partial charge in [0.2, 0.25) is 5.88 Å². The number of benzene rings is 1. The lowest BCUT2D eigenvalue weighted by molar-refractivity contribution is -0.139. The predicted molar refractivity (Wildman–Crippen MR) is 116 cm³/mol. The summed E-state index contributed by atoms with van der Waals surface area (Å²) in [7, 11) is 0. The largest absolute Gasteiger partial charge is 0.462 e. The normalized spacial score (nSPS) is 15.2. The Morgan fingerprint density at radius 2 is 1.90 bits per heavy atom. The van der Waals surface area contributed by atoms with Crippen LogP contribution in [0.15, 0.2) is 77.2 Å². The molecule has 2 N–H and O–H groups in total. The molecule has 1 atom stereocenters. The van der Waals surface area contributed by atoms with Crippen LogP contribution in [0.5, 0.6) is 5.75 Å². The highest BCUT2D eigenvalue weighted by Gasteiger charge is 2.38. The molecule has 1 aliphatic heterocycles. The topological polar surface area (TPSA) is 96.4 Å². The number of aryl methyl sites for hydroxylation is 1. The molecule has 4 rings (SSSR count). The van der Waals surface area contributed by atoms with Gasteiger partial charge in [-0.1, -0.05) is 30.3 Å². The average Bonchev–Trinajstić information content (AvgIpc) is 2.77. The molecule has 1 aromatic carbocycles. The Hall–Kier alpha value is -3.87. The van der Waals surface area contributed by atoms with Gasteiger partial charge in [-0.2, -0.15) is 0 Å². The Kier molecular flexibility index (Phi) is 5.58. The van der Waals surface area contributed by atoms with E-state index in [1.165, 1.54) is 0 Å². The van der Waals surface area contributed by atoms with Crippen LogP contribution < -0.4 is 16.0 Å². The van der Waals surface area contributed by atoms with Crippen LogP contribution in [0, 0.1) is 6.92 Å². The first-order valence-corrected chi connectivity index (χ1v) is 10.0. The molecular weight excluding hydrogens is 394 g/mol. The smallest absolute Gasteiger partial charge is 0.340 e. The number of rotatable bonds is 5. The molecule has 7 nitrogen and oxygen atoms in total. The molecule has 3 aromatic rings. The third-order valence-corrected chi connectivity index (χ3v) is 5.29. The zero-order chi connectivity index (χ0) is 22.0. The lowest BCUT2D eigenvalue weighted by Gasteiger charge is -2.29. The molecule has 0 amide bonds. The van der Waals surface area contributed by atoms with E-state index in [4.69, 9.17) is 15.2 Å². The van der Waals surface area contributed by atoms with Gasteiger partial charge in [-0.05, 0) is 37.1 Å². The maximum atomic E-state index is 13.7. The molecule has 3 heterocycles. The van der Waals surface area contributed by atoms with Gasteiger partial charge >= 0.3 is 5.97 Å². The van der Waals surface area contributed by atoms with E-state index in [1.54, 1.807) is 42.1 Å². The van der Waals surface area contributed by atoms with Crippen molar-refractivity contribution in [2.45, 2.75) is 26.3 Å². The molecular formula is C24H23N3O4. The molecule has 0 fully saturated rings. The second-order valence-electron chi connectivity index (χ2n) is 7.25. The van der Waals surface area contributed by atoms with Crippen molar-refractivity contribution in [3.05, 3.63) is 105 Å². The van der Waals surface area contributed by atoms with Gasteiger partial charge in [0.1, 0.15) is 11.3 Å². The first-order valence-electron chi connectivity index (χ1n) is 10.0. The van der Waals surface area contributed by atoms with Gasteiger partial charge < -0.3 is 19.8 Å². The fourth-order valence-corrected chi connectivity index (χ4v) is 3.85. The van der Waals surface area contributed by atoms with Crippen molar-refractivity contribution in [3.8, 4) is 5.75 Å². The van der Waals surface area contributed by atoms with Crippen LogP contribution in [0.1, 0.15) is 35.2 Å². The molecule has 158 valence electrons. The maximum absolute atomic E-state index is 13.7. The minimum absolute atomic E-state index is 0.0626. The summed E-state index contributed by atoms with van der Waals surface area (Å²) in [5.41, 5.74) is 8.80. The van der Waals surface area contributed by atoms with E-state index in [9.17, 15) is 9.59 Å². The highest BCUT2D eigenvalue weighted by molar-refractivity contribution is 5.92. The van der Waals surface area contributed by atoms with Gasteiger partial charge in [0, 0.05) is 24.2 Å². The number of hydrogen-bond donors (Lipinski definition) is 1. The minimum Gasteiger partial charge on any atom is -0.462 e. The van der Waals surface area contributed by atoms with Crippen molar-refractivity contribution in [2.75, 3.05) is 6.61 Å². The van der Waals surface area contributed by atoms with Crippen molar-refractivity contribution in [1.82, 2.24) is 9.55 Å². The van der Waals surface area contributed by atoms with Crippen LogP contribution in [-0.4, -0.2) is 22.1 Å². The minimum atomic E-state index is -0.721. The van der Waals surface area contributed by atoms with Crippen LogP contribution in [0.4, 0.5) is 0 Å². The summed E-state index contributed by atoms with van der Waals surface area (Å²) in [5, 5.41) is 0. The number of hydrogen-bond acceptors (Lipinski definition) is 6. The third kappa shape index (κ3) is 3.82. The molecule has 2 aromatic heterocycles. The second kappa shape index (κ2) is 8.47. The van der Waals surface area contributed by atoms with Crippen molar-refractivity contribution in [3.63, 3.8) is 0 Å². The van der Waals surface area contributed by atoms with Crippen molar-refractivity contribution < 1.29 is 14.3 Å². The summed E-state index contributed by atoms with van der Waals surface area (Å²) in [4.78, 5) is 30.6. The van der Waals surface area contributed by atoms with E-state index in [2.05, 4.69) is 4.98 Å². The summed E-state index contributed by atoms with van der Waals surface area (Å²) in [6.07, 6.45) is 3.22. The number of ether oxygens (including phenoxy) is 2. The number of aromatic nitrogens is 2. The van der Waals surface area contributed by atoms with Crippen LogP contribution in [0.2, 0.25) is 0 Å². The average molecular weight is 417 g/mol. The van der Waals surface area contributed by atoms with Crippen LogP contribution in [-0.2, 0) is 16.1 Å². The molecule has 0 saturated carbocycles. The number of nitrogens with two attached hydrogens (primary N) is 1. The molecule has 0 unspecified atom stereocenters. The van der Waals surface area contributed by atoms with E-state index in [0.717, 1.165) is 11.3 Å². The first-order chi connectivity index (χ1) is 15.0. The first kappa shape index (κ1) is 20.4. The molecule has 0 spiro atoms. The second-order valence-corrected chi connectivity index (χ2v) is 7.25. The van der Waals surface area contributed by atoms with E-state index in [0.29, 0.717) is 23.4 Å². The van der Waals surface area contributed by atoms with E-state index in [1.807, 2.05) is 37.3 Å². The molecule has 0 saturated heterocycles. The molecule has 31 heavy (non-hydrogen) atoms. The number of fused-ring (bicyclic) bond motifs is 1. The summed E-state index contributed by atoms with van der Waals surface area (Å²) in [5.74, 6) is -1.05. The summed E-state index contributed by atoms with van der Waals surface area (Å²) in [6.45, 7) is 4.13. The van der Waals surface area contributed by atoms with E-state index < -0.39 is 11.9 Å². The van der Waals surface area contributed by atoms with Gasteiger partial charge in [-0.15, -0.1) is 0 Å². The zero-order valence-corrected chi connectivity index (χ0v) is 17.4. The predicted octanol–water partition coefficient (Wildman–Crippen LogP) is 2.86. The summed E-state index contributed by atoms with van der Waals surface area (Å²) in [6, 6.07) is 15.0. The van der Waals surface area contributed by atoms with Crippen molar-refractivity contribution in [2.24, 2.45) is 5.73 Å². The van der Waals surface area contributed by atoms with Gasteiger partial charge in [-0.3, -0.25) is 9.78 Å². The van der Waals surface area contributed by atoms with E-state index >= 15 is 0 Å². The zero-order valence-electron chi connectivity index (χ0n) is 17.4. The number of carbonyl (C=O) groups excluding carboxylic acids is 1. The highest BCUT2D eigenvalue weighted by Crippen LogP contribution is 2.41. The quantitative estimate of drug-likeness (QED) is 0.642. The maximum Gasteiger partial charge on any atom is 0.340 e. The number of nitrogens with zero attached hydrogens (tertiary/aromatic N) is 2. The fraction of sp³-hybridized carbons (Fsp3) is 0.208. The monoisotopic (exact) mass is 417 g/mol. The van der Waals surface area contributed by atoms with Crippen LogP contribution in [0.25, 0.3) is 0 Å².